The van der Waals surface area contributed by atoms with Crippen molar-refractivity contribution in [1.29, 1.82) is 0 Å². The second-order valence-electron chi connectivity index (χ2n) is 18.0. The fourth-order valence-corrected chi connectivity index (χ4v) is 13.5. The summed E-state index contributed by atoms with van der Waals surface area (Å²) in [7, 11) is 0. The van der Waals surface area contributed by atoms with Crippen molar-refractivity contribution in [3.05, 3.63) is 0 Å². The van der Waals surface area contributed by atoms with Gasteiger partial charge in [0.1, 0.15) is 18.3 Å². The van der Waals surface area contributed by atoms with Crippen LogP contribution in [0.5, 0.6) is 0 Å². The lowest BCUT2D eigenvalue weighted by Gasteiger charge is -2.64. The maximum atomic E-state index is 11.9. The van der Waals surface area contributed by atoms with E-state index in [1.165, 1.54) is 6.42 Å². The molecule has 6 N–H and O–H groups in total. The molecule has 5 aliphatic carbocycles. The molecule has 2 saturated heterocycles. The molecule has 15 atom stereocenters. The quantitative estimate of drug-likeness (QED) is 0.255. The Bertz CT molecular complexity index is 1140. The Morgan fingerprint density at radius 1 is 0.818 bits per heavy atom. The highest BCUT2D eigenvalue weighted by Gasteiger charge is 2.84. The van der Waals surface area contributed by atoms with Crippen LogP contribution in [0.25, 0.3) is 0 Å². The summed E-state index contributed by atoms with van der Waals surface area (Å²) in [4.78, 5) is 0. The van der Waals surface area contributed by atoms with Crippen LogP contribution < -0.4 is 0 Å². The van der Waals surface area contributed by atoms with E-state index in [4.69, 9.17) is 14.2 Å². The number of aliphatic hydroxyl groups is 6. The van der Waals surface area contributed by atoms with Gasteiger partial charge in [0, 0.05) is 17.9 Å². The average molecular weight is 623 g/mol. The third-order valence-corrected chi connectivity index (χ3v) is 15.5. The Morgan fingerprint density at radius 3 is 2.16 bits per heavy atom. The largest absolute Gasteiger partial charge is 0.396 e. The van der Waals surface area contributed by atoms with Crippen LogP contribution in [0, 0.1) is 44.8 Å². The molecule has 5 saturated carbocycles. The first-order valence-electron chi connectivity index (χ1n) is 17.4. The lowest BCUT2D eigenvalue weighted by atomic mass is 9.41. The predicted molar refractivity (Wildman–Crippen MR) is 161 cm³/mol. The van der Waals surface area contributed by atoms with E-state index in [1.807, 2.05) is 0 Å². The van der Waals surface area contributed by atoms with Gasteiger partial charge in [-0.3, -0.25) is 0 Å². The van der Waals surface area contributed by atoms with E-state index in [2.05, 4.69) is 27.7 Å². The molecule has 44 heavy (non-hydrogen) atoms. The molecule has 0 aromatic carbocycles. The van der Waals surface area contributed by atoms with Gasteiger partial charge in [0.15, 0.2) is 6.29 Å². The van der Waals surface area contributed by atoms with Gasteiger partial charge in [-0.15, -0.1) is 0 Å². The summed E-state index contributed by atoms with van der Waals surface area (Å²) >= 11 is 0. The van der Waals surface area contributed by atoms with Gasteiger partial charge >= 0.3 is 0 Å². The highest BCUT2D eigenvalue weighted by molar-refractivity contribution is 5.32. The average Bonchev–Trinajstić information content (AvgIpc) is 3.30. The molecule has 2 aliphatic heterocycles. The number of hydrogen-bond donors (Lipinski definition) is 6. The summed E-state index contributed by atoms with van der Waals surface area (Å²) in [5.41, 5.74) is -1.98. The lowest BCUT2D eigenvalue weighted by molar-refractivity contribution is -0.303. The minimum absolute atomic E-state index is 0.0477. The third-order valence-electron chi connectivity index (χ3n) is 15.5. The summed E-state index contributed by atoms with van der Waals surface area (Å²) in [5.74, 6) is 0.672. The Balaban J connectivity index is 1.15. The molecule has 9 nitrogen and oxygen atoms in total. The summed E-state index contributed by atoms with van der Waals surface area (Å²) in [6, 6.07) is 0. The maximum absolute atomic E-state index is 11.9. The van der Waals surface area contributed by atoms with Crippen LogP contribution in [0.2, 0.25) is 0 Å². The molecule has 2 heterocycles. The van der Waals surface area contributed by atoms with Crippen LogP contribution in [0.15, 0.2) is 0 Å². The van der Waals surface area contributed by atoms with Gasteiger partial charge in [-0.25, -0.2) is 0 Å². The van der Waals surface area contributed by atoms with Crippen LogP contribution in [0.4, 0.5) is 0 Å². The van der Waals surface area contributed by atoms with E-state index < -0.39 is 47.3 Å². The van der Waals surface area contributed by atoms with E-state index in [-0.39, 0.29) is 53.0 Å². The van der Waals surface area contributed by atoms with Crippen LogP contribution >= 0.6 is 0 Å². The molecule has 7 rings (SSSR count). The molecule has 0 aromatic rings. The topological polar surface area (TPSA) is 149 Å². The molecule has 252 valence electrons. The third kappa shape index (κ3) is 3.97. The summed E-state index contributed by atoms with van der Waals surface area (Å²) < 4.78 is 18.8. The number of ether oxygens (including phenoxy) is 3. The first-order valence-corrected chi connectivity index (χ1v) is 17.4. The zero-order chi connectivity index (χ0) is 31.9. The Labute approximate surface area is 262 Å². The predicted octanol–water partition coefficient (Wildman–Crippen LogP) is 2.90. The molecule has 2 spiro atoms. The van der Waals surface area contributed by atoms with Crippen molar-refractivity contribution in [1.82, 2.24) is 0 Å². The molecule has 5 unspecified atom stereocenters. The van der Waals surface area contributed by atoms with Crippen LogP contribution in [-0.4, -0.2) is 98.0 Å². The molecule has 0 aromatic heterocycles. The van der Waals surface area contributed by atoms with Gasteiger partial charge in [-0.05, 0) is 118 Å². The normalized spacial score (nSPS) is 58.1. The smallest absolute Gasteiger partial charge is 0.186 e. The lowest BCUT2D eigenvalue weighted by Crippen LogP contribution is -2.62. The van der Waals surface area contributed by atoms with Crippen molar-refractivity contribution in [2.45, 2.75) is 160 Å². The minimum atomic E-state index is -1.29. The fourth-order valence-electron chi connectivity index (χ4n) is 13.5. The van der Waals surface area contributed by atoms with E-state index in [0.717, 1.165) is 51.4 Å². The number of hydrogen-bond acceptors (Lipinski definition) is 9. The van der Waals surface area contributed by atoms with Crippen molar-refractivity contribution < 1.29 is 44.8 Å². The first-order chi connectivity index (χ1) is 20.4. The van der Waals surface area contributed by atoms with Gasteiger partial charge in [0.05, 0.1) is 36.1 Å². The van der Waals surface area contributed by atoms with Crippen molar-refractivity contribution in [3.8, 4) is 0 Å². The fraction of sp³-hybridized carbons (Fsp3) is 1.00. The first kappa shape index (κ1) is 32.2. The summed E-state index contributed by atoms with van der Waals surface area (Å²) in [6.07, 6.45) is 3.69. The van der Waals surface area contributed by atoms with Crippen LogP contribution in [0.3, 0.4) is 0 Å². The van der Waals surface area contributed by atoms with Gasteiger partial charge in [0.2, 0.25) is 0 Å². The molecule has 0 radical (unpaired) electrons. The van der Waals surface area contributed by atoms with Gasteiger partial charge < -0.3 is 44.8 Å². The Morgan fingerprint density at radius 2 is 1.50 bits per heavy atom. The molecule has 7 fully saturated rings. The van der Waals surface area contributed by atoms with E-state index >= 15 is 0 Å². The SMILES string of the molecule is CC(C)(O)C1CCC(C)(C2[C@@H](O)C[C@@]3(C)C4CCC5C(C)(C)[C@@H](O[C@@H]6OC[C@@H](O)[C@H](O)[C@H]6O)CC[C@@]56C[C@@]46CC[C@]23CO)O1. The maximum Gasteiger partial charge on any atom is 0.186 e. The monoisotopic (exact) mass is 622 g/mol. The van der Waals surface area contributed by atoms with E-state index in [1.54, 1.807) is 13.8 Å². The number of rotatable bonds is 5. The number of aliphatic hydroxyl groups excluding tert-OH is 5. The minimum Gasteiger partial charge on any atom is -0.396 e. The van der Waals surface area contributed by atoms with Crippen LogP contribution in [0.1, 0.15) is 106 Å². The van der Waals surface area contributed by atoms with Crippen LogP contribution in [-0.2, 0) is 14.2 Å². The van der Waals surface area contributed by atoms with Gasteiger partial charge in [0.25, 0.3) is 0 Å². The van der Waals surface area contributed by atoms with Crippen molar-refractivity contribution >= 4 is 0 Å². The highest BCUT2D eigenvalue weighted by atomic mass is 16.7. The summed E-state index contributed by atoms with van der Waals surface area (Å²) in [6.45, 7) is 12.7. The highest BCUT2D eigenvalue weighted by Crippen LogP contribution is 2.89. The molecule has 9 heteroatoms. The zero-order valence-electron chi connectivity index (χ0n) is 27.7. The number of fused-ring (bicyclic) bond motifs is 2. The van der Waals surface area contributed by atoms with Gasteiger partial charge in [-0.2, -0.15) is 0 Å². The van der Waals surface area contributed by atoms with Crippen molar-refractivity contribution in [2.24, 2.45) is 44.8 Å². The van der Waals surface area contributed by atoms with Crippen molar-refractivity contribution in [2.75, 3.05) is 13.2 Å². The Hall–Kier alpha value is -0.360. The standard InChI is InChI=1S/C35H58O9/c1-29(2)21-7-8-22-31(5)15-19(37)27(32(6)11-9-24(44-32)30(3,4)41)35(31,18-36)14-13-34(22)17-33(21,34)12-10-23(29)43-28-26(40)25(39)20(38)16-42-28/h19-28,36-41H,7-18H2,1-6H3/t19-,20+,21?,22?,23-,24?,25-,26+,27?,28-,31-,32?,33+,34-,35-/m0/s1. The second-order valence-corrected chi connectivity index (χ2v) is 18.0. The molecule has 0 amide bonds. The molecule has 7 aliphatic rings. The van der Waals surface area contributed by atoms with Gasteiger partial charge in [-0.1, -0.05) is 20.8 Å². The molecular formula is C35H58O9. The zero-order valence-corrected chi connectivity index (χ0v) is 27.7. The summed E-state index contributed by atoms with van der Waals surface area (Å²) in [5, 5.41) is 64.8. The van der Waals surface area contributed by atoms with Crippen molar-refractivity contribution in [3.63, 3.8) is 0 Å². The molecular weight excluding hydrogens is 564 g/mol. The molecule has 0 bridgehead atoms. The Kier molecular flexibility index (Phi) is 7.21. The van der Waals surface area contributed by atoms with E-state index in [0.29, 0.717) is 18.3 Å². The van der Waals surface area contributed by atoms with E-state index in [9.17, 15) is 30.6 Å². The second kappa shape index (κ2) is 9.85.